The van der Waals surface area contributed by atoms with E-state index in [2.05, 4.69) is 32.9 Å². The predicted molar refractivity (Wildman–Crippen MR) is 62.9 cm³/mol. The summed E-state index contributed by atoms with van der Waals surface area (Å²) >= 11 is 0. The molecular formula is C13H20O2. The van der Waals surface area contributed by atoms with Crippen LogP contribution in [0.3, 0.4) is 0 Å². The molecule has 0 spiro atoms. The van der Waals surface area contributed by atoms with Crippen molar-refractivity contribution >= 4 is 0 Å². The van der Waals surface area contributed by atoms with Crippen molar-refractivity contribution in [3.63, 3.8) is 0 Å². The van der Waals surface area contributed by atoms with Crippen LogP contribution in [0.5, 0.6) is 11.5 Å². The summed E-state index contributed by atoms with van der Waals surface area (Å²) in [6.07, 6.45) is 0. The fourth-order valence-electron chi connectivity index (χ4n) is 1.37. The van der Waals surface area contributed by atoms with Gasteiger partial charge >= 0.3 is 0 Å². The molecule has 0 saturated heterocycles. The highest BCUT2D eigenvalue weighted by atomic mass is 16.5. The van der Waals surface area contributed by atoms with Crippen LogP contribution in [0, 0.1) is 0 Å². The fourth-order valence-corrected chi connectivity index (χ4v) is 1.37. The lowest BCUT2D eigenvalue weighted by molar-refractivity contribution is 0.334. The zero-order valence-electron chi connectivity index (χ0n) is 10.3. The molecule has 0 fully saturated rings. The van der Waals surface area contributed by atoms with Crippen molar-refractivity contribution in [2.75, 3.05) is 13.7 Å². The molecule has 0 heterocycles. The summed E-state index contributed by atoms with van der Waals surface area (Å²) < 4.78 is 10.8. The Hall–Kier alpha value is -1.18. The maximum absolute atomic E-state index is 5.50. The fraction of sp³-hybridized carbons (Fsp3) is 0.538. The highest BCUT2D eigenvalue weighted by Gasteiger charge is 2.15. The molecule has 0 saturated carbocycles. The molecule has 0 aliphatic carbocycles. The topological polar surface area (TPSA) is 18.5 Å². The molecule has 1 aromatic rings. The molecule has 0 aromatic heterocycles. The van der Waals surface area contributed by atoms with Crippen molar-refractivity contribution in [2.45, 2.75) is 33.1 Å². The molecule has 0 amide bonds. The lowest BCUT2D eigenvalue weighted by Crippen LogP contribution is -2.11. The lowest BCUT2D eigenvalue weighted by Gasteiger charge is -2.20. The summed E-state index contributed by atoms with van der Waals surface area (Å²) in [4.78, 5) is 0. The second-order valence-corrected chi connectivity index (χ2v) is 4.58. The van der Waals surface area contributed by atoms with Crippen LogP contribution in [0.1, 0.15) is 33.3 Å². The van der Waals surface area contributed by atoms with Crippen LogP contribution >= 0.6 is 0 Å². The van der Waals surface area contributed by atoms with Crippen LogP contribution in [0.25, 0.3) is 0 Å². The van der Waals surface area contributed by atoms with Crippen LogP contribution in [0.2, 0.25) is 0 Å². The van der Waals surface area contributed by atoms with Crippen molar-refractivity contribution in [3.8, 4) is 11.5 Å². The van der Waals surface area contributed by atoms with Crippen LogP contribution < -0.4 is 9.47 Å². The molecule has 2 nitrogen and oxygen atoms in total. The Kier molecular flexibility index (Phi) is 3.61. The van der Waals surface area contributed by atoms with Crippen molar-refractivity contribution < 1.29 is 9.47 Å². The second kappa shape index (κ2) is 4.56. The van der Waals surface area contributed by atoms with E-state index in [-0.39, 0.29) is 5.41 Å². The van der Waals surface area contributed by atoms with Crippen molar-refractivity contribution in [3.05, 3.63) is 23.8 Å². The summed E-state index contributed by atoms with van der Waals surface area (Å²) in [5, 5.41) is 0. The largest absolute Gasteiger partial charge is 0.497 e. The summed E-state index contributed by atoms with van der Waals surface area (Å²) in [5.41, 5.74) is 1.34. The van der Waals surface area contributed by atoms with Gasteiger partial charge in [0.1, 0.15) is 11.5 Å². The van der Waals surface area contributed by atoms with Gasteiger partial charge in [-0.15, -0.1) is 0 Å². The number of benzene rings is 1. The number of hydrogen-bond donors (Lipinski definition) is 0. The molecule has 15 heavy (non-hydrogen) atoms. The quantitative estimate of drug-likeness (QED) is 0.758. The van der Waals surface area contributed by atoms with E-state index in [1.54, 1.807) is 7.11 Å². The van der Waals surface area contributed by atoms with E-state index in [9.17, 15) is 0 Å². The van der Waals surface area contributed by atoms with Crippen LogP contribution in [0.15, 0.2) is 18.2 Å². The Bertz CT molecular complexity index is 324. The van der Waals surface area contributed by atoms with Crippen molar-refractivity contribution in [1.29, 1.82) is 0 Å². The van der Waals surface area contributed by atoms with Gasteiger partial charge in [0.2, 0.25) is 0 Å². The van der Waals surface area contributed by atoms with Crippen molar-refractivity contribution in [1.82, 2.24) is 0 Å². The van der Waals surface area contributed by atoms with Crippen LogP contribution in [0.4, 0.5) is 0 Å². The van der Waals surface area contributed by atoms with Gasteiger partial charge in [0, 0.05) is 6.07 Å². The molecular weight excluding hydrogens is 188 g/mol. The standard InChI is InChI=1S/C13H20O2/c1-6-15-12-8-10(13(2,3)4)7-11(9-12)14-5/h7-9H,6H2,1-5H3. The SMILES string of the molecule is CCOc1cc(OC)cc(C(C)(C)C)c1. The van der Waals surface area contributed by atoms with Gasteiger partial charge < -0.3 is 9.47 Å². The zero-order valence-corrected chi connectivity index (χ0v) is 10.3. The molecule has 0 N–H and O–H groups in total. The molecule has 0 bridgehead atoms. The van der Waals surface area contributed by atoms with Gasteiger partial charge in [-0.25, -0.2) is 0 Å². The molecule has 0 aliphatic rings. The molecule has 1 rings (SSSR count). The lowest BCUT2D eigenvalue weighted by atomic mass is 9.87. The normalized spacial score (nSPS) is 11.3. The van der Waals surface area contributed by atoms with E-state index in [0.29, 0.717) is 6.61 Å². The summed E-state index contributed by atoms with van der Waals surface area (Å²) in [7, 11) is 1.68. The minimum absolute atomic E-state index is 0.111. The Morgan fingerprint density at radius 2 is 1.67 bits per heavy atom. The van der Waals surface area contributed by atoms with E-state index < -0.39 is 0 Å². The highest BCUT2D eigenvalue weighted by Crippen LogP contribution is 2.30. The second-order valence-electron chi connectivity index (χ2n) is 4.58. The van der Waals surface area contributed by atoms with Gasteiger partial charge in [0.05, 0.1) is 13.7 Å². The summed E-state index contributed by atoms with van der Waals surface area (Å²) in [6, 6.07) is 6.05. The van der Waals surface area contributed by atoms with Crippen molar-refractivity contribution in [2.24, 2.45) is 0 Å². The Balaban J connectivity index is 3.11. The van der Waals surface area contributed by atoms with E-state index in [1.807, 2.05) is 13.0 Å². The van der Waals surface area contributed by atoms with Gasteiger partial charge in [-0.1, -0.05) is 20.8 Å². The first kappa shape index (κ1) is 11.9. The van der Waals surface area contributed by atoms with Crippen LogP contribution in [-0.2, 0) is 5.41 Å². The summed E-state index contributed by atoms with van der Waals surface area (Å²) in [6.45, 7) is 9.19. The maximum Gasteiger partial charge on any atom is 0.123 e. The first-order chi connectivity index (χ1) is 6.97. The van der Waals surface area contributed by atoms with Crippen LogP contribution in [-0.4, -0.2) is 13.7 Å². The molecule has 1 aromatic carbocycles. The van der Waals surface area contributed by atoms with Gasteiger partial charge in [-0.2, -0.15) is 0 Å². The van der Waals surface area contributed by atoms with E-state index >= 15 is 0 Å². The number of ether oxygens (including phenoxy) is 2. The molecule has 0 radical (unpaired) electrons. The molecule has 0 aliphatic heterocycles. The van der Waals surface area contributed by atoms with Gasteiger partial charge in [0.15, 0.2) is 0 Å². The summed E-state index contributed by atoms with van der Waals surface area (Å²) in [5.74, 6) is 1.73. The zero-order chi connectivity index (χ0) is 11.5. The Morgan fingerprint density at radius 3 is 2.13 bits per heavy atom. The molecule has 0 atom stereocenters. The van der Waals surface area contributed by atoms with Gasteiger partial charge in [-0.3, -0.25) is 0 Å². The number of methoxy groups -OCH3 is 1. The highest BCUT2D eigenvalue weighted by molar-refractivity contribution is 5.41. The third-order valence-corrected chi connectivity index (χ3v) is 2.29. The number of rotatable bonds is 3. The minimum Gasteiger partial charge on any atom is -0.497 e. The third-order valence-electron chi connectivity index (χ3n) is 2.29. The maximum atomic E-state index is 5.50. The average Bonchev–Trinajstić information content (AvgIpc) is 2.16. The van der Waals surface area contributed by atoms with Gasteiger partial charge in [0.25, 0.3) is 0 Å². The molecule has 2 heteroatoms. The third kappa shape index (κ3) is 3.15. The van der Waals surface area contributed by atoms with E-state index in [0.717, 1.165) is 11.5 Å². The van der Waals surface area contributed by atoms with E-state index in [4.69, 9.17) is 9.47 Å². The van der Waals surface area contributed by atoms with E-state index in [1.165, 1.54) is 5.56 Å². The predicted octanol–water partition coefficient (Wildman–Crippen LogP) is 3.39. The molecule has 0 unspecified atom stereocenters. The molecule has 84 valence electrons. The first-order valence-electron chi connectivity index (χ1n) is 5.29. The number of hydrogen-bond acceptors (Lipinski definition) is 2. The van der Waals surface area contributed by atoms with Gasteiger partial charge in [-0.05, 0) is 30.0 Å². The first-order valence-corrected chi connectivity index (χ1v) is 5.29. The average molecular weight is 208 g/mol. The Morgan fingerprint density at radius 1 is 1.07 bits per heavy atom. The minimum atomic E-state index is 0.111. The smallest absolute Gasteiger partial charge is 0.123 e. The Labute approximate surface area is 92.2 Å². The monoisotopic (exact) mass is 208 g/mol.